The number of carboxylic acids is 1. The zero-order valence-electron chi connectivity index (χ0n) is 10.3. The highest BCUT2D eigenvalue weighted by molar-refractivity contribution is 5.92. The summed E-state index contributed by atoms with van der Waals surface area (Å²) in [5.74, 6) is -2.05. The highest BCUT2D eigenvalue weighted by Gasteiger charge is 2.08. The Kier molecular flexibility index (Phi) is 4.04. The standard InChI is InChI=1S/C12H11FN4O3/c13-8-1-2-9(15-5-8)11(18)14-3-4-17-6-10(12(19)20)16-7-17/h1-2,5-7H,3-4H2,(H,14,18)(H,19,20). The van der Waals surface area contributed by atoms with Crippen LogP contribution in [0.15, 0.2) is 30.9 Å². The van der Waals surface area contributed by atoms with Crippen LogP contribution in [0.4, 0.5) is 4.39 Å². The number of carbonyl (C=O) groups excluding carboxylic acids is 1. The molecule has 0 saturated carbocycles. The van der Waals surface area contributed by atoms with Crippen molar-refractivity contribution < 1.29 is 19.1 Å². The van der Waals surface area contributed by atoms with Crippen LogP contribution in [0.3, 0.4) is 0 Å². The number of carbonyl (C=O) groups is 2. The monoisotopic (exact) mass is 278 g/mol. The van der Waals surface area contributed by atoms with Gasteiger partial charge >= 0.3 is 5.97 Å². The Balaban J connectivity index is 1.84. The van der Waals surface area contributed by atoms with Gasteiger partial charge in [0.25, 0.3) is 5.91 Å². The van der Waals surface area contributed by atoms with Crippen LogP contribution in [-0.2, 0) is 6.54 Å². The number of halogens is 1. The van der Waals surface area contributed by atoms with E-state index in [1.165, 1.54) is 18.6 Å². The zero-order chi connectivity index (χ0) is 14.5. The number of pyridine rings is 1. The normalized spacial score (nSPS) is 10.2. The quantitative estimate of drug-likeness (QED) is 0.832. The number of aromatic nitrogens is 3. The molecule has 0 aliphatic rings. The summed E-state index contributed by atoms with van der Waals surface area (Å²) < 4.78 is 14.2. The molecule has 8 heteroatoms. The molecular weight excluding hydrogens is 267 g/mol. The van der Waals surface area contributed by atoms with Gasteiger partial charge in [0.05, 0.1) is 12.5 Å². The van der Waals surface area contributed by atoms with Crippen LogP contribution in [0.25, 0.3) is 0 Å². The van der Waals surface area contributed by atoms with E-state index in [-0.39, 0.29) is 17.9 Å². The minimum Gasteiger partial charge on any atom is -0.476 e. The van der Waals surface area contributed by atoms with Crippen molar-refractivity contribution in [2.75, 3.05) is 6.54 Å². The molecule has 0 saturated heterocycles. The number of imidazole rings is 1. The van der Waals surface area contributed by atoms with Crippen LogP contribution in [0.1, 0.15) is 21.0 Å². The molecule has 0 fully saturated rings. The van der Waals surface area contributed by atoms with E-state index in [0.717, 1.165) is 12.3 Å². The lowest BCUT2D eigenvalue weighted by atomic mass is 10.3. The van der Waals surface area contributed by atoms with E-state index in [9.17, 15) is 14.0 Å². The SMILES string of the molecule is O=C(O)c1cn(CCNC(=O)c2ccc(F)cn2)cn1. The van der Waals surface area contributed by atoms with Crippen molar-refractivity contribution >= 4 is 11.9 Å². The third-order valence-electron chi connectivity index (χ3n) is 2.47. The van der Waals surface area contributed by atoms with E-state index in [1.54, 1.807) is 4.57 Å². The van der Waals surface area contributed by atoms with Gasteiger partial charge in [-0.25, -0.2) is 19.2 Å². The summed E-state index contributed by atoms with van der Waals surface area (Å²) in [7, 11) is 0. The van der Waals surface area contributed by atoms with Crippen LogP contribution >= 0.6 is 0 Å². The Hall–Kier alpha value is -2.77. The largest absolute Gasteiger partial charge is 0.476 e. The second kappa shape index (κ2) is 5.91. The van der Waals surface area contributed by atoms with E-state index in [2.05, 4.69) is 15.3 Å². The summed E-state index contributed by atoms with van der Waals surface area (Å²) in [6.45, 7) is 0.639. The fraction of sp³-hybridized carbons (Fsp3) is 0.167. The molecule has 20 heavy (non-hydrogen) atoms. The van der Waals surface area contributed by atoms with Gasteiger partial charge in [0.1, 0.15) is 11.5 Å². The van der Waals surface area contributed by atoms with E-state index in [0.29, 0.717) is 6.54 Å². The van der Waals surface area contributed by atoms with Crippen molar-refractivity contribution in [2.45, 2.75) is 6.54 Å². The van der Waals surface area contributed by atoms with Crippen LogP contribution < -0.4 is 5.32 Å². The van der Waals surface area contributed by atoms with Crippen LogP contribution in [0, 0.1) is 5.82 Å². The van der Waals surface area contributed by atoms with Crippen molar-refractivity contribution in [3.05, 3.63) is 48.1 Å². The average molecular weight is 278 g/mol. The summed E-state index contributed by atoms with van der Waals surface area (Å²) in [6, 6.07) is 2.43. The van der Waals surface area contributed by atoms with Crippen molar-refractivity contribution in [3.63, 3.8) is 0 Å². The van der Waals surface area contributed by atoms with Gasteiger partial charge in [-0.15, -0.1) is 0 Å². The fourth-order valence-corrected chi connectivity index (χ4v) is 1.49. The predicted molar refractivity (Wildman–Crippen MR) is 65.7 cm³/mol. The molecule has 1 amide bonds. The highest BCUT2D eigenvalue weighted by Crippen LogP contribution is 1.98. The van der Waals surface area contributed by atoms with Crippen LogP contribution in [0.2, 0.25) is 0 Å². The minimum atomic E-state index is -1.11. The number of aromatic carboxylic acids is 1. The maximum atomic E-state index is 12.6. The smallest absolute Gasteiger partial charge is 0.356 e. The average Bonchev–Trinajstić information content (AvgIpc) is 2.88. The van der Waals surface area contributed by atoms with Crippen molar-refractivity contribution in [3.8, 4) is 0 Å². The lowest BCUT2D eigenvalue weighted by molar-refractivity contribution is 0.0690. The fourth-order valence-electron chi connectivity index (χ4n) is 1.49. The third kappa shape index (κ3) is 3.37. The number of hydrogen-bond acceptors (Lipinski definition) is 4. The van der Waals surface area contributed by atoms with E-state index >= 15 is 0 Å². The molecule has 2 rings (SSSR count). The lowest BCUT2D eigenvalue weighted by Crippen LogP contribution is -2.27. The maximum absolute atomic E-state index is 12.6. The molecule has 104 valence electrons. The first-order valence-corrected chi connectivity index (χ1v) is 5.71. The van der Waals surface area contributed by atoms with Crippen molar-refractivity contribution in [2.24, 2.45) is 0 Å². The summed E-state index contributed by atoms with van der Waals surface area (Å²) in [5, 5.41) is 11.3. The molecule has 0 atom stereocenters. The summed E-state index contributed by atoms with van der Waals surface area (Å²) in [4.78, 5) is 29.6. The molecule has 2 aromatic rings. The van der Waals surface area contributed by atoms with E-state index in [1.807, 2.05) is 0 Å². The topological polar surface area (TPSA) is 97.1 Å². The number of rotatable bonds is 5. The van der Waals surface area contributed by atoms with Gasteiger partial charge in [-0.3, -0.25) is 4.79 Å². The van der Waals surface area contributed by atoms with Gasteiger partial charge < -0.3 is 15.0 Å². The maximum Gasteiger partial charge on any atom is 0.356 e. The highest BCUT2D eigenvalue weighted by atomic mass is 19.1. The first-order chi connectivity index (χ1) is 9.56. The predicted octanol–water partition coefficient (Wildman–Crippen LogP) is 0.545. The van der Waals surface area contributed by atoms with E-state index < -0.39 is 17.7 Å². The first-order valence-electron chi connectivity index (χ1n) is 5.71. The molecule has 0 spiro atoms. The zero-order valence-corrected chi connectivity index (χ0v) is 10.3. The minimum absolute atomic E-state index is 0.0588. The van der Waals surface area contributed by atoms with Gasteiger partial charge in [-0.2, -0.15) is 0 Å². The molecule has 7 nitrogen and oxygen atoms in total. The Bertz CT molecular complexity index is 624. The molecule has 0 unspecified atom stereocenters. The Morgan fingerprint density at radius 1 is 1.30 bits per heavy atom. The third-order valence-corrected chi connectivity index (χ3v) is 2.47. The number of hydrogen-bond donors (Lipinski definition) is 2. The number of nitrogens with one attached hydrogen (secondary N) is 1. The number of amides is 1. The van der Waals surface area contributed by atoms with E-state index in [4.69, 9.17) is 5.11 Å². The molecule has 0 aliphatic heterocycles. The molecular formula is C12H11FN4O3. The molecule has 0 aliphatic carbocycles. The molecule has 0 radical (unpaired) electrons. The van der Waals surface area contributed by atoms with Crippen LogP contribution in [-0.4, -0.2) is 38.1 Å². The second-order valence-electron chi connectivity index (χ2n) is 3.92. The first kappa shape index (κ1) is 13.7. The molecule has 2 heterocycles. The van der Waals surface area contributed by atoms with Crippen LogP contribution in [0.5, 0.6) is 0 Å². The summed E-state index contributed by atoms with van der Waals surface area (Å²) >= 11 is 0. The Labute approximate surface area is 113 Å². The molecule has 2 aromatic heterocycles. The summed E-state index contributed by atoms with van der Waals surface area (Å²) in [5.41, 5.74) is 0.0554. The van der Waals surface area contributed by atoms with Gasteiger partial charge in [0.2, 0.25) is 0 Å². The van der Waals surface area contributed by atoms with Gasteiger partial charge in [-0.1, -0.05) is 0 Å². The van der Waals surface area contributed by atoms with Gasteiger partial charge in [0, 0.05) is 19.3 Å². The Morgan fingerprint density at radius 3 is 2.70 bits per heavy atom. The van der Waals surface area contributed by atoms with Crippen molar-refractivity contribution in [1.29, 1.82) is 0 Å². The Morgan fingerprint density at radius 2 is 2.10 bits per heavy atom. The number of carboxylic acid groups (broad SMARTS) is 1. The lowest BCUT2D eigenvalue weighted by Gasteiger charge is -2.05. The molecule has 2 N–H and O–H groups in total. The summed E-state index contributed by atoms with van der Waals surface area (Å²) in [6.07, 6.45) is 3.69. The van der Waals surface area contributed by atoms with Crippen molar-refractivity contribution in [1.82, 2.24) is 19.9 Å². The molecule has 0 aromatic carbocycles. The number of nitrogens with zero attached hydrogens (tertiary/aromatic N) is 3. The second-order valence-corrected chi connectivity index (χ2v) is 3.92. The molecule has 0 bridgehead atoms. The van der Waals surface area contributed by atoms with Gasteiger partial charge in [0.15, 0.2) is 5.69 Å². The van der Waals surface area contributed by atoms with Gasteiger partial charge in [-0.05, 0) is 12.1 Å².